The summed E-state index contributed by atoms with van der Waals surface area (Å²) in [6.07, 6.45) is 15.4. The van der Waals surface area contributed by atoms with Crippen LogP contribution in [0.15, 0.2) is 0 Å². The maximum absolute atomic E-state index is 12.8. The molecule has 0 bridgehead atoms. The Morgan fingerprint density at radius 2 is 1.30 bits per heavy atom. The van der Waals surface area contributed by atoms with Gasteiger partial charge in [0.25, 0.3) is 0 Å². The molecule has 2 nitrogen and oxygen atoms in total. The van der Waals surface area contributed by atoms with Crippen molar-refractivity contribution in [3.8, 4) is 0 Å². The first-order valence-electron chi connectivity index (χ1n) is 11.4. The Morgan fingerprint density at radius 3 is 1.70 bits per heavy atom. The van der Waals surface area contributed by atoms with Gasteiger partial charge in [-0.2, -0.15) is 0 Å². The van der Waals surface area contributed by atoms with E-state index in [-0.39, 0.29) is 5.41 Å². The smallest absolute Gasteiger partial charge is 0.244 e. The number of alkyl halides is 2. The van der Waals surface area contributed by atoms with E-state index in [4.69, 9.17) is 4.74 Å². The van der Waals surface area contributed by atoms with Gasteiger partial charge in [0.15, 0.2) is 5.78 Å². The Kier molecular flexibility index (Phi) is 9.69. The van der Waals surface area contributed by atoms with Crippen LogP contribution in [0, 0.1) is 10.8 Å². The summed E-state index contributed by atoms with van der Waals surface area (Å²) in [5.74, 6) is 0.325. The van der Waals surface area contributed by atoms with E-state index in [0.717, 1.165) is 51.4 Å². The number of hydrogen-bond donors (Lipinski definition) is 0. The minimum Gasteiger partial charge on any atom is -0.374 e. The lowest BCUT2D eigenvalue weighted by Crippen LogP contribution is -2.21. The molecular formula is C23H40F2O2. The summed E-state index contributed by atoms with van der Waals surface area (Å²) >= 11 is 0. The van der Waals surface area contributed by atoms with Crippen LogP contribution in [0.5, 0.6) is 0 Å². The fourth-order valence-electron chi connectivity index (χ4n) is 4.26. The van der Waals surface area contributed by atoms with E-state index >= 15 is 0 Å². The van der Waals surface area contributed by atoms with Gasteiger partial charge in [-0.3, -0.25) is 4.79 Å². The number of ether oxygens (including phenoxy) is 1. The maximum Gasteiger partial charge on any atom is 0.244 e. The Labute approximate surface area is 164 Å². The van der Waals surface area contributed by atoms with E-state index in [1.807, 2.05) is 6.92 Å². The number of halogens is 2. The fraction of sp³-hybridized carbons (Fsp3) is 0.957. The zero-order valence-corrected chi connectivity index (χ0v) is 17.4. The lowest BCUT2D eigenvalue weighted by atomic mass is 9.93. The Morgan fingerprint density at radius 1 is 0.815 bits per heavy atom. The lowest BCUT2D eigenvalue weighted by molar-refractivity contribution is -0.129. The largest absolute Gasteiger partial charge is 0.374 e. The Bertz CT molecular complexity index is 428. The van der Waals surface area contributed by atoms with Crippen LogP contribution >= 0.6 is 0 Å². The van der Waals surface area contributed by atoms with Crippen LogP contribution in [-0.2, 0) is 9.53 Å². The second kappa shape index (κ2) is 11.5. The molecule has 2 saturated carbocycles. The van der Waals surface area contributed by atoms with E-state index < -0.39 is 11.8 Å². The molecule has 158 valence electrons. The summed E-state index contributed by atoms with van der Waals surface area (Å²) in [4.78, 5) is 12.1. The van der Waals surface area contributed by atoms with E-state index in [9.17, 15) is 13.6 Å². The van der Waals surface area contributed by atoms with Gasteiger partial charge in [-0.05, 0) is 45.4 Å². The van der Waals surface area contributed by atoms with Gasteiger partial charge in [0.05, 0.1) is 0 Å². The standard InChI is InChI=1S/C23H40F2O2/c1-2-27-19-20(26)22(15-16-22)13-11-9-7-5-3-4-6-8-10-12-14-23(17-18-23)21(24)25/h21H,2-19H2,1H3. The van der Waals surface area contributed by atoms with Crippen molar-refractivity contribution in [2.45, 2.75) is 116 Å². The lowest BCUT2D eigenvalue weighted by Gasteiger charge is -2.13. The van der Waals surface area contributed by atoms with Gasteiger partial charge < -0.3 is 4.74 Å². The van der Waals surface area contributed by atoms with Crippen molar-refractivity contribution in [3.63, 3.8) is 0 Å². The zero-order chi connectivity index (χ0) is 19.6. The van der Waals surface area contributed by atoms with Crippen LogP contribution in [-0.4, -0.2) is 25.4 Å². The van der Waals surface area contributed by atoms with Crippen molar-refractivity contribution in [2.75, 3.05) is 13.2 Å². The van der Waals surface area contributed by atoms with E-state index in [1.54, 1.807) is 0 Å². The zero-order valence-electron chi connectivity index (χ0n) is 17.4. The van der Waals surface area contributed by atoms with Crippen molar-refractivity contribution in [3.05, 3.63) is 0 Å². The molecule has 0 aromatic rings. The van der Waals surface area contributed by atoms with Crippen LogP contribution in [0.2, 0.25) is 0 Å². The topological polar surface area (TPSA) is 26.3 Å². The first-order valence-corrected chi connectivity index (χ1v) is 11.4. The fourth-order valence-corrected chi connectivity index (χ4v) is 4.26. The first-order chi connectivity index (χ1) is 13.0. The average Bonchev–Trinajstić information content (AvgIpc) is 3.56. The SMILES string of the molecule is CCOCC(=O)C1(CCCCCCCCCCCCC2(C(F)F)CC2)CC1. The summed E-state index contributed by atoms with van der Waals surface area (Å²) in [5.41, 5.74) is -0.592. The summed E-state index contributed by atoms with van der Waals surface area (Å²) in [7, 11) is 0. The molecule has 0 N–H and O–H groups in total. The highest BCUT2D eigenvalue weighted by Gasteiger charge is 2.50. The van der Waals surface area contributed by atoms with Crippen LogP contribution in [0.4, 0.5) is 8.78 Å². The summed E-state index contributed by atoms with van der Waals surface area (Å²) < 4.78 is 30.9. The van der Waals surface area contributed by atoms with Gasteiger partial charge in [-0.15, -0.1) is 0 Å². The minimum atomic E-state index is -2.10. The van der Waals surface area contributed by atoms with Crippen LogP contribution in [0.1, 0.15) is 110 Å². The highest BCUT2D eigenvalue weighted by Crippen LogP contribution is 2.54. The molecule has 0 radical (unpaired) electrons. The molecule has 0 heterocycles. The van der Waals surface area contributed by atoms with Crippen LogP contribution < -0.4 is 0 Å². The van der Waals surface area contributed by atoms with Gasteiger partial charge in [-0.1, -0.05) is 64.2 Å². The monoisotopic (exact) mass is 386 g/mol. The third-order valence-electron chi connectivity index (χ3n) is 6.82. The third kappa shape index (κ3) is 7.79. The highest BCUT2D eigenvalue weighted by atomic mass is 19.3. The molecule has 0 atom stereocenters. The minimum absolute atomic E-state index is 0.0153. The first kappa shape index (κ1) is 22.8. The molecule has 4 heteroatoms. The number of ketones is 1. The third-order valence-corrected chi connectivity index (χ3v) is 6.82. The molecule has 2 aliphatic carbocycles. The summed E-state index contributed by atoms with van der Waals surface area (Å²) in [6, 6.07) is 0. The van der Waals surface area contributed by atoms with Crippen LogP contribution in [0.25, 0.3) is 0 Å². The molecule has 27 heavy (non-hydrogen) atoms. The number of carbonyl (C=O) groups excluding carboxylic acids is 1. The normalized spacial score (nSPS) is 19.4. The average molecular weight is 387 g/mol. The molecular weight excluding hydrogens is 346 g/mol. The van der Waals surface area contributed by atoms with Crippen molar-refractivity contribution in [1.82, 2.24) is 0 Å². The molecule has 0 aromatic heterocycles. The van der Waals surface area contributed by atoms with Crippen molar-refractivity contribution in [2.24, 2.45) is 10.8 Å². The molecule has 2 fully saturated rings. The van der Waals surface area contributed by atoms with Crippen molar-refractivity contribution in [1.29, 1.82) is 0 Å². The van der Waals surface area contributed by atoms with E-state index in [1.165, 1.54) is 51.4 Å². The number of Topliss-reactive ketones (excluding diaryl/α,β-unsaturated/α-hetero) is 1. The number of hydrogen-bond acceptors (Lipinski definition) is 2. The second-order valence-electron chi connectivity index (χ2n) is 9.04. The second-order valence-corrected chi connectivity index (χ2v) is 9.04. The molecule has 2 rings (SSSR count). The van der Waals surface area contributed by atoms with E-state index in [2.05, 4.69) is 0 Å². The summed E-state index contributed by atoms with van der Waals surface area (Å²) in [5, 5.41) is 0. The molecule has 2 aliphatic rings. The van der Waals surface area contributed by atoms with Gasteiger partial charge in [0.2, 0.25) is 6.43 Å². The highest BCUT2D eigenvalue weighted by molar-refractivity contribution is 5.88. The molecule has 0 saturated heterocycles. The van der Waals surface area contributed by atoms with Gasteiger partial charge in [0, 0.05) is 17.4 Å². The predicted molar refractivity (Wildman–Crippen MR) is 106 cm³/mol. The number of carbonyl (C=O) groups is 1. The van der Waals surface area contributed by atoms with Crippen LogP contribution in [0.3, 0.4) is 0 Å². The quantitative estimate of drug-likeness (QED) is 0.235. The Hall–Kier alpha value is -0.510. The summed E-state index contributed by atoms with van der Waals surface area (Å²) in [6.45, 7) is 2.86. The maximum atomic E-state index is 12.8. The Balaban J connectivity index is 1.34. The number of rotatable bonds is 18. The van der Waals surface area contributed by atoms with Crippen molar-refractivity contribution < 1.29 is 18.3 Å². The number of unbranched alkanes of at least 4 members (excludes halogenated alkanes) is 9. The molecule has 0 unspecified atom stereocenters. The molecule has 0 amide bonds. The van der Waals surface area contributed by atoms with Gasteiger partial charge >= 0.3 is 0 Å². The predicted octanol–water partition coefficient (Wildman–Crippen LogP) is 7.10. The van der Waals surface area contributed by atoms with Crippen molar-refractivity contribution >= 4 is 5.78 Å². The van der Waals surface area contributed by atoms with Gasteiger partial charge in [0.1, 0.15) is 6.61 Å². The van der Waals surface area contributed by atoms with Gasteiger partial charge in [-0.25, -0.2) is 8.78 Å². The van der Waals surface area contributed by atoms with E-state index in [0.29, 0.717) is 19.0 Å². The molecule has 0 aliphatic heterocycles. The molecule has 0 aromatic carbocycles. The molecule has 0 spiro atoms.